The third kappa shape index (κ3) is 7.85. The molecule has 0 aromatic heterocycles. The quantitative estimate of drug-likeness (QED) is 0.195. The fraction of sp³-hybridized carbons (Fsp3) is 0.615. The van der Waals surface area contributed by atoms with E-state index in [-0.39, 0.29) is 11.6 Å². The molecule has 0 saturated heterocycles. The van der Waals surface area contributed by atoms with Gasteiger partial charge < -0.3 is 0 Å². The molecule has 3 heteroatoms. The van der Waals surface area contributed by atoms with Gasteiger partial charge in [0, 0.05) is 27.6 Å². The first kappa shape index (κ1) is 24.1. The van der Waals surface area contributed by atoms with E-state index in [2.05, 4.69) is 15.9 Å². The number of benzene rings is 1. The van der Waals surface area contributed by atoms with Crippen LogP contribution in [0, 0.1) is 0 Å². The van der Waals surface area contributed by atoms with Crippen molar-refractivity contribution in [3.05, 3.63) is 46.5 Å². The van der Waals surface area contributed by atoms with Gasteiger partial charge in [0.25, 0.3) is 0 Å². The number of hydrogen-bond donors (Lipinski definition) is 0. The van der Waals surface area contributed by atoms with Crippen LogP contribution >= 0.6 is 15.9 Å². The van der Waals surface area contributed by atoms with Crippen LogP contribution in [0.25, 0.3) is 0 Å². The highest BCUT2D eigenvalue weighted by Crippen LogP contribution is 2.29. The summed E-state index contributed by atoms with van der Waals surface area (Å²) < 4.78 is 0. The number of fused-ring (bicyclic) bond motifs is 1. The first-order chi connectivity index (χ1) is 14.2. The zero-order valence-corrected chi connectivity index (χ0v) is 19.7. The van der Waals surface area contributed by atoms with Crippen molar-refractivity contribution >= 4 is 27.5 Å². The Kier molecular flexibility index (Phi) is 11.5. The normalized spacial score (nSPS) is 13.9. The zero-order valence-electron chi connectivity index (χ0n) is 18.1. The molecular weight excluding hydrogens is 424 g/mol. The smallest absolute Gasteiger partial charge is 0.190 e. The molecule has 0 unspecified atom stereocenters. The molecule has 2 nitrogen and oxygen atoms in total. The molecule has 1 aromatic rings. The van der Waals surface area contributed by atoms with Crippen molar-refractivity contribution in [1.29, 1.82) is 0 Å². The third-order valence-electron chi connectivity index (χ3n) is 6.04. The first-order valence-electron chi connectivity index (χ1n) is 11.6. The Bertz CT molecular complexity index is 690. The summed E-state index contributed by atoms with van der Waals surface area (Å²) >= 11 is 3.49. The largest absolute Gasteiger partial charge is 0.289 e. The van der Waals surface area contributed by atoms with E-state index >= 15 is 0 Å². The summed E-state index contributed by atoms with van der Waals surface area (Å²) in [5.41, 5.74) is 2.55. The number of allylic oxidation sites excluding steroid dienone is 2. The summed E-state index contributed by atoms with van der Waals surface area (Å²) in [4.78, 5) is 25.2. The van der Waals surface area contributed by atoms with E-state index in [4.69, 9.17) is 0 Å². The molecule has 0 saturated carbocycles. The average molecular weight is 461 g/mol. The maximum atomic E-state index is 12.7. The van der Waals surface area contributed by atoms with E-state index in [9.17, 15) is 9.59 Å². The maximum Gasteiger partial charge on any atom is 0.190 e. The minimum atomic E-state index is 0.0262. The van der Waals surface area contributed by atoms with Crippen LogP contribution in [0.15, 0.2) is 35.4 Å². The Balaban J connectivity index is 1.53. The SMILES string of the molecule is CC1=C(CCCCCCCCCCCCCCCBr)C(=O)c2ccccc2C1=O. The summed E-state index contributed by atoms with van der Waals surface area (Å²) in [7, 11) is 0. The van der Waals surface area contributed by atoms with E-state index in [1.807, 2.05) is 19.1 Å². The molecule has 0 aliphatic heterocycles. The molecule has 1 aliphatic rings. The Morgan fingerprint density at radius 3 is 1.52 bits per heavy atom. The second kappa shape index (κ2) is 13.9. The van der Waals surface area contributed by atoms with Gasteiger partial charge >= 0.3 is 0 Å². The average Bonchev–Trinajstić information content (AvgIpc) is 2.74. The second-order valence-electron chi connectivity index (χ2n) is 8.34. The van der Waals surface area contributed by atoms with Gasteiger partial charge in [0.1, 0.15) is 0 Å². The van der Waals surface area contributed by atoms with Gasteiger partial charge in [-0.3, -0.25) is 9.59 Å². The summed E-state index contributed by atoms with van der Waals surface area (Å²) in [6, 6.07) is 7.22. The Hall–Kier alpha value is -1.22. The molecule has 0 heterocycles. The van der Waals surface area contributed by atoms with Crippen molar-refractivity contribution < 1.29 is 9.59 Å². The molecular formula is C26H37BrO2. The fourth-order valence-corrected chi connectivity index (χ4v) is 4.59. The van der Waals surface area contributed by atoms with E-state index in [1.54, 1.807) is 12.1 Å². The van der Waals surface area contributed by atoms with Crippen LogP contribution in [0.1, 0.15) is 118 Å². The molecule has 0 radical (unpaired) electrons. The molecule has 0 amide bonds. The standard InChI is InChI=1S/C26H37BrO2/c1-21-22(26(29)24-19-15-14-18-23(24)25(21)28)17-13-11-9-7-5-3-2-4-6-8-10-12-16-20-27/h14-15,18-19H,2-13,16-17,20H2,1H3. The number of ketones is 2. The maximum absolute atomic E-state index is 12.7. The fourth-order valence-electron chi connectivity index (χ4n) is 4.19. The lowest BCUT2D eigenvalue weighted by atomic mass is 9.82. The first-order valence-corrected chi connectivity index (χ1v) is 12.7. The second-order valence-corrected chi connectivity index (χ2v) is 9.14. The van der Waals surface area contributed by atoms with Gasteiger partial charge in [-0.05, 0) is 26.2 Å². The van der Waals surface area contributed by atoms with E-state index in [0.717, 1.165) is 30.2 Å². The van der Waals surface area contributed by atoms with Crippen molar-refractivity contribution in [3.8, 4) is 0 Å². The van der Waals surface area contributed by atoms with Crippen molar-refractivity contribution in [2.24, 2.45) is 0 Å². The number of rotatable bonds is 15. The highest BCUT2D eigenvalue weighted by molar-refractivity contribution is 9.09. The number of unbranched alkanes of at least 4 members (excludes halogenated alkanes) is 12. The number of halogens is 1. The summed E-state index contributed by atoms with van der Waals surface area (Å²) in [5.74, 6) is 0.0863. The molecule has 0 bridgehead atoms. The molecule has 0 N–H and O–H groups in total. The van der Waals surface area contributed by atoms with Crippen LogP contribution in [0.3, 0.4) is 0 Å². The van der Waals surface area contributed by atoms with E-state index in [0.29, 0.717) is 16.7 Å². The van der Waals surface area contributed by atoms with Crippen LogP contribution in [-0.2, 0) is 0 Å². The topological polar surface area (TPSA) is 34.1 Å². The van der Waals surface area contributed by atoms with Crippen molar-refractivity contribution in [1.82, 2.24) is 0 Å². The third-order valence-corrected chi connectivity index (χ3v) is 6.60. The van der Waals surface area contributed by atoms with Crippen LogP contribution in [0.5, 0.6) is 0 Å². The van der Waals surface area contributed by atoms with Gasteiger partial charge in [0.15, 0.2) is 11.6 Å². The highest BCUT2D eigenvalue weighted by Gasteiger charge is 2.28. The van der Waals surface area contributed by atoms with Crippen molar-refractivity contribution in [3.63, 3.8) is 0 Å². The van der Waals surface area contributed by atoms with Crippen LogP contribution in [-0.4, -0.2) is 16.9 Å². The van der Waals surface area contributed by atoms with Gasteiger partial charge in [-0.15, -0.1) is 0 Å². The molecule has 1 aromatic carbocycles. The monoisotopic (exact) mass is 460 g/mol. The number of Topliss-reactive ketones (excluding diaryl/α,β-unsaturated/α-hetero) is 2. The number of carbonyl (C=O) groups excluding carboxylic acids is 2. The lowest BCUT2D eigenvalue weighted by Crippen LogP contribution is -2.20. The van der Waals surface area contributed by atoms with Crippen LogP contribution in [0.2, 0.25) is 0 Å². The molecule has 160 valence electrons. The van der Waals surface area contributed by atoms with Crippen molar-refractivity contribution in [2.75, 3.05) is 5.33 Å². The van der Waals surface area contributed by atoms with Crippen LogP contribution < -0.4 is 0 Å². The Labute approximate surface area is 185 Å². The highest BCUT2D eigenvalue weighted by atomic mass is 79.9. The predicted molar refractivity (Wildman–Crippen MR) is 126 cm³/mol. The molecule has 0 spiro atoms. The van der Waals surface area contributed by atoms with Gasteiger partial charge in [-0.25, -0.2) is 0 Å². The minimum absolute atomic E-state index is 0.0262. The van der Waals surface area contributed by atoms with Gasteiger partial charge in [-0.1, -0.05) is 111 Å². The van der Waals surface area contributed by atoms with Gasteiger partial charge in [-0.2, -0.15) is 0 Å². The Morgan fingerprint density at radius 2 is 1.03 bits per heavy atom. The lowest BCUT2D eigenvalue weighted by molar-refractivity contribution is 0.0971. The minimum Gasteiger partial charge on any atom is -0.289 e. The summed E-state index contributed by atoms with van der Waals surface area (Å²) in [6.07, 6.45) is 17.7. The summed E-state index contributed by atoms with van der Waals surface area (Å²) in [6.45, 7) is 1.81. The molecule has 1 aliphatic carbocycles. The number of hydrogen-bond acceptors (Lipinski definition) is 2. The van der Waals surface area contributed by atoms with Gasteiger partial charge in [0.2, 0.25) is 0 Å². The molecule has 0 fully saturated rings. The number of carbonyl (C=O) groups is 2. The van der Waals surface area contributed by atoms with Crippen molar-refractivity contribution in [2.45, 2.75) is 96.8 Å². The predicted octanol–water partition coefficient (Wildman–Crippen LogP) is 8.24. The molecule has 29 heavy (non-hydrogen) atoms. The van der Waals surface area contributed by atoms with Gasteiger partial charge in [0.05, 0.1) is 0 Å². The van der Waals surface area contributed by atoms with Crippen LogP contribution in [0.4, 0.5) is 0 Å². The number of alkyl halides is 1. The molecule has 2 rings (SSSR count). The summed E-state index contributed by atoms with van der Waals surface area (Å²) in [5, 5.41) is 1.15. The Morgan fingerprint density at radius 1 is 0.621 bits per heavy atom. The van der Waals surface area contributed by atoms with E-state index < -0.39 is 0 Å². The van der Waals surface area contributed by atoms with E-state index in [1.165, 1.54) is 70.6 Å². The zero-order chi connectivity index (χ0) is 20.9. The lowest BCUT2D eigenvalue weighted by Gasteiger charge is -2.18. The molecule has 0 atom stereocenters.